The molecule has 1 aromatic carbocycles. The minimum absolute atomic E-state index is 0.138. The molecule has 2 rings (SSSR count). The molecule has 0 spiro atoms. The molecule has 22 heavy (non-hydrogen) atoms. The lowest BCUT2D eigenvalue weighted by molar-refractivity contribution is -0.159. The second-order valence-electron chi connectivity index (χ2n) is 4.48. The number of carbonyl (C=O) groups is 1. The smallest absolute Gasteiger partial charge is 0.339 e. The molecule has 2 aromatic rings. The molecule has 0 N–H and O–H groups in total. The molecule has 0 saturated heterocycles. The van der Waals surface area contributed by atoms with Crippen molar-refractivity contribution in [2.75, 3.05) is 13.1 Å². The van der Waals surface area contributed by atoms with E-state index in [1.807, 2.05) is 13.8 Å². The quantitative estimate of drug-likeness (QED) is 0.869. The SMILES string of the molecule is CCN(CC)C(=O)c1ccc(-c2noc(C(F)(F)F)n2)cc1. The summed E-state index contributed by atoms with van der Waals surface area (Å²) in [7, 11) is 0. The van der Waals surface area contributed by atoms with Crippen LogP contribution in [-0.4, -0.2) is 34.0 Å². The summed E-state index contributed by atoms with van der Waals surface area (Å²) < 4.78 is 41.4. The highest BCUT2D eigenvalue weighted by molar-refractivity contribution is 5.94. The molecular formula is C14H14F3N3O2. The Hall–Kier alpha value is -2.38. The molecule has 0 unspecified atom stereocenters. The predicted octanol–water partition coefficient (Wildman–Crippen LogP) is 3.24. The van der Waals surface area contributed by atoms with E-state index < -0.39 is 12.1 Å². The molecule has 0 aliphatic heterocycles. The van der Waals surface area contributed by atoms with E-state index in [1.54, 1.807) is 4.90 Å². The van der Waals surface area contributed by atoms with Crippen LogP contribution in [0.2, 0.25) is 0 Å². The summed E-state index contributed by atoms with van der Waals surface area (Å²) in [4.78, 5) is 17.1. The number of amides is 1. The van der Waals surface area contributed by atoms with Gasteiger partial charge >= 0.3 is 12.1 Å². The van der Waals surface area contributed by atoms with Gasteiger partial charge in [0.05, 0.1) is 0 Å². The molecule has 0 aliphatic rings. The van der Waals surface area contributed by atoms with E-state index in [0.717, 1.165) is 0 Å². The molecule has 5 nitrogen and oxygen atoms in total. The second kappa shape index (κ2) is 6.17. The lowest BCUT2D eigenvalue weighted by Gasteiger charge is -2.18. The number of alkyl halides is 3. The summed E-state index contributed by atoms with van der Waals surface area (Å²) >= 11 is 0. The van der Waals surface area contributed by atoms with Crippen molar-refractivity contribution in [3.05, 3.63) is 35.7 Å². The van der Waals surface area contributed by atoms with E-state index >= 15 is 0 Å². The summed E-state index contributed by atoms with van der Waals surface area (Å²) in [5.74, 6) is -1.71. The van der Waals surface area contributed by atoms with Crippen LogP contribution in [0, 0.1) is 0 Å². The van der Waals surface area contributed by atoms with Gasteiger partial charge in [-0.25, -0.2) is 0 Å². The fraction of sp³-hybridized carbons (Fsp3) is 0.357. The van der Waals surface area contributed by atoms with Crippen molar-refractivity contribution in [3.63, 3.8) is 0 Å². The number of hydrogen-bond donors (Lipinski definition) is 0. The number of hydrogen-bond acceptors (Lipinski definition) is 4. The largest absolute Gasteiger partial charge is 0.471 e. The van der Waals surface area contributed by atoms with Gasteiger partial charge < -0.3 is 9.42 Å². The van der Waals surface area contributed by atoms with Crippen LogP contribution in [0.1, 0.15) is 30.1 Å². The monoisotopic (exact) mass is 313 g/mol. The number of halogens is 3. The minimum Gasteiger partial charge on any atom is -0.339 e. The van der Waals surface area contributed by atoms with Crippen LogP contribution in [0.15, 0.2) is 28.8 Å². The maximum absolute atomic E-state index is 12.4. The zero-order valence-corrected chi connectivity index (χ0v) is 12.0. The summed E-state index contributed by atoms with van der Waals surface area (Å²) in [5, 5.41) is 3.29. The highest BCUT2D eigenvalue weighted by Crippen LogP contribution is 2.29. The molecule has 0 fully saturated rings. The molecule has 0 aliphatic carbocycles. The van der Waals surface area contributed by atoms with E-state index in [1.165, 1.54) is 24.3 Å². The third-order valence-electron chi connectivity index (χ3n) is 3.11. The van der Waals surface area contributed by atoms with Gasteiger partial charge in [0.2, 0.25) is 5.82 Å². The summed E-state index contributed by atoms with van der Waals surface area (Å²) in [6.45, 7) is 4.90. The maximum Gasteiger partial charge on any atom is 0.471 e. The van der Waals surface area contributed by atoms with Crippen LogP contribution in [0.5, 0.6) is 0 Å². The second-order valence-corrected chi connectivity index (χ2v) is 4.48. The van der Waals surface area contributed by atoms with Gasteiger partial charge in [-0.2, -0.15) is 18.2 Å². The standard InChI is InChI=1S/C14H14F3N3O2/c1-3-20(4-2)12(21)10-7-5-9(6-8-10)11-18-13(22-19-11)14(15,16)17/h5-8H,3-4H2,1-2H3. The number of benzene rings is 1. The average Bonchev–Trinajstić information content (AvgIpc) is 2.98. The Kier molecular flexibility index (Phi) is 4.48. The van der Waals surface area contributed by atoms with Gasteiger partial charge in [0.1, 0.15) is 0 Å². The first-order valence-corrected chi connectivity index (χ1v) is 6.67. The Balaban J connectivity index is 2.22. The van der Waals surface area contributed by atoms with E-state index in [4.69, 9.17) is 0 Å². The maximum atomic E-state index is 12.4. The number of rotatable bonds is 4. The Bertz CT molecular complexity index is 646. The number of carbonyl (C=O) groups excluding carboxylic acids is 1. The van der Waals surface area contributed by atoms with E-state index in [-0.39, 0.29) is 11.7 Å². The highest BCUT2D eigenvalue weighted by Gasteiger charge is 2.38. The molecule has 118 valence electrons. The van der Waals surface area contributed by atoms with Gasteiger partial charge in [0, 0.05) is 24.2 Å². The van der Waals surface area contributed by atoms with Crippen molar-refractivity contribution in [3.8, 4) is 11.4 Å². The van der Waals surface area contributed by atoms with Gasteiger partial charge in [-0.15, -0.1) is 0 Å². The Morgan fingerprint density at radius 3 is 2.23 bits per heavy atom. The number of aromatic nitrogens is 2. The molecule has 8 heteroatoms. The van der Waals surface area contributed by atoms with Crippen LogP contribution >= 0.6 is 0 Å². The molecule has 0 saturated carbocycles. The lowest BCUT2D eigenvalue weighted by Crippen LogP contribution is -2.30. The molecule has 1 aromatic heterocycles. The van der Waals surface area contributed by atoms with Crippen molar-refractivity contribution in [2.24, 2.45) is 0 Å². The van der Waals surface area contributed by atoms with Gasteiger partial charge in [-0.05, 0) is 26.0 Å². The fourth-order valence-electron chi connectivity index (χ4n) is 1.91. The summed E-state index contributed by atoms with van der Waals surface area (Å²) in [6.07, 6.45) is -4.68. The fourth-order valence-corrected chi connectivity index (χ4v) is 1.91. The predicted molar refractivity (Wildman–Crippen MR) is 72.0 cm³/mol. The summed E-state index contributed by atoms with van der Waals surface area (Å²) in [6, 6.07) is 6.03. The zero-order valence-electron chi connectivity index (χ0n) is 12.0. The first-order valence-electron chi connectivity index (χ1n) is 6.67. The van der Waals surface area contributed by atoms with Crippen LogP contribution < -0.4 is 0 Å². The first kappa shape index (κ1) is 16.0. The van der Waals surface area contributed by atoms with Crippen molar-refractivity contribution in [2.45, 2.75) is 20.0 Å². The highest BCUT2D eigenvalue weighted by atomic mass is 19.4. The zero-order chi connectivity index (χ0) is 16.3. The molecule has 1 heterocycles. The molecule has 0 radical (unpaired) electrons. The van der Waals surface area contributed by atoms with Crippen molar-refractivity contribution < 1.29 is 22.5 Å². The van der Waals surface area contributed by atoms with Gasteiger partial charge in [-0.1, -0.05) is 17.3 Å². The third-order valence-corrected chi connectivity index (χ3v) is 3.11. The van der Waals surface area contributed by atoms with Crippen LogP contribution in [0.3, 0.4) is 0 Å². The van der Waals surface area contributed by atoms with Crippen LogP contribution in [0.25, 0.3) is 11.4 Å². The topological polar surface area (TPSA) is 59.2 Å². The van der Waals surface area contributed by atoms with Crippen molar-refractivity contribution >= 4 is 5.91 Å². The van der Waals surface area contributed by atoms with Crippen molar-refractivity contribution in [1.82, 2.24) is 15.0 Å². The van der Waals surface area contributed by atoms with E-state index in [9.17, 15) is 18.0 Å². The molecule has 0 atom stereocenters. The van der Waals surface area contributed by atoms with E-state index in [0.29, 0.717) is 24.2 Å². The number of nitrogens with zero attached hydrogens (tertiary/aromatic N) is 3. The van der Waals surface area contributed by atoms with Crippen molar-refractivity contribution in [1.29, 1.82) is 0 Å². The Morgan fingerprint density at radius 2 is 1.77 bits per heavy atom. The van der Waals surface area contributed by atoms with Gasteiger partial charge in [0.15, 0.2) is 0 Å². The Morgan fingerprint density at radius 1 is 1.18 bits per heavy atom. The molecule has 0 bridgehead atoms. The molecular weight excluding hydrogens is 299 g/mol. The van der Waals surface area contributed by atoms with Gasteiger partial charge in [-0.3, -0.25) is 4.79 Å². The Labute approximate surface area is 124 Å². The van der Waals surface area contributed by atoms with Crippen LogP contribution in [0.4, 0.5) is 13.2 Å². The molecule has 1 amide bonds. The van der Waals surface area contributed by atoms with Gasteiger partial charge in [0.25, 0.3) is 5.91 Å². The lowest BCUT2D eigenvalue weighted by atomic mass is 10.1. The first-order chi connectivity index (χ1) is 10.4. The van der Waals surface area contributed by atoms with Crippen LogP contribution in [-0.2, 0) is 6.18 Å². The normalized spacial score (nSPS) is 11.5. The average molecular weight is 313 g/mol. The third kappa shape index (κ3) is 3.26. The minimum atomic E-state index is -4.68. The summed E-state index contributed by atoms with van der Waals surface area (Å²) in [5.41, 5.74) is 0.794. The van der Waals surface area contributed by atoms with E-state index in [2.05, 4.69) is 14.7 Å².